The predicted octanol–water partition coefficient (Wildman–Crippen LogP) is 3.27. The standard InChI is InChI=1S/C21H21BrN2O3/c1-13-4-9-17(14(2)12-13)18-19(23(3)10-11-25)21(27)24(20(18)26)16-7-5-15(22)6-8-16/h4-9,12,25H,10-11H2,1-3H3. The van der Waals surface area contributed by atoms with Crippen molar-refractivity contribution in [2.45, 2.75) is 13.8 Å². The number of imide groups is 1. The Morgan fingerprint density at radius 3 is 2.30 bits per heavy atom. The van der Waals surface area contributed by atoms with E-state index in [2.05, 4.69) is 15.9 Å². The normalized spacial score (nSPS) is 14.3. The molecule has 1 aliphatic heterocycles. The summed E-state index contributed by atoms with van der Waals surface area (Å²) in [6, 6.07) is 12.8. The number of hydrogen-bond acceptors (Lipinski definition) is 4. The average molecular weight is 429 g/mol. The van der Waals surface area contributed by atoms with E-state index < -0.39 is 0 Å². The smallest absolute Gasteiger partial charge is 0.282 e. The van der Waals surface area contributed by atoms with Crippen LogP contribution in [0.1, 0.15) is 16.7 Å². The Kier molecular flexibility index (Phi) is 5.48. The first-order valence-electron chi connectivity index (χ1n) is 8.63. The summed E-state index contributed by atoms with van der Waals surface area (Å²) in [7, 11) is 1.71. The van der Waals surface area contributed by atoms with E-state index in [0.717, 1.165) is 21.2 Å². The van der Waals surface area contributed by atoms with Gasteiger partial charge in [0.1, 0.15) is 5.70 Å². The number of aliphatic hydroxyl groups is 1. The first-order chi connectivity index (χ1) is 12.8. The Morgan fingerprint density at radius 1 is 1.04 bits per heavy atom. The molecule has 140 valence electrons. The van der Waals surface area contributed by atoms with Crippen LogP contribution in [0.4, 0.5) is 5.69 Å². The molecule has 0 spiro atoms. The second-order valence-corrected chi connectivity index (χ2v) is 7.52. The van der Waals surface area contributed by atoms with E-state index in [1.807, 2.05) is 32.0 Å². The third-order valence-electron chi connectivity index (χ3n) is 4.61. The summed E-state index contributed by atoms with van der Waals surface area (Å²) in [5.41, 5.74) is 3.95. The zero-order valence-electron chi connectivity index (χ0n) is 15.5. The molecule has 5 nitrogen and oxygen atoms in total. The fraction of sp³-hybridized carbons (Fsp3) is 0.238. The molecule has 0 atom stereocenters. The molecule has 2 aromatic carbocycles. The highest BCUT2D eigenvalue weighted by Gasteiger charge is 2.42. The molecule has 27 heavy (non-hydrogen) atoms. The lowest BCUT2D eigenvalue weighted by Gasteiger charge is -2.20. The number of benzene rings is 2. The Labute approximate surface area is 167 Å². The largest absolute Gasteiger partial charge is 0.395 e. The molecule has 0 saturated heterocycles. The van der Waals surface area contributed by atoms with E-state index >= 15 is 0 Å². The van der Waals surface area contributed by atoms with Gasteiger partial charge in [-0.25, -0.2) is 4.90 Å². The number of anilines is 1. The third-order valence-corrected chi connectivity index (χ3v) is 5.14. The first-order valence-corrected chi connectivity index (χ1v) is 9.42. The highest BCUT2D eigenvalue weighted by atomic mass is 79.9. The van der Waals surface area contributed by atoms with Gasteiger partial charge in [-0.2, -0.15) is 0 Å². The van der Waals surface area contributed by atoms with Crippen LogP contribution >= 0.6 is 15.9 Å². The summed E-state index contributed by atoms with van der Waals surface area (Å²) in [4.78, 5) is 29.3. The summed E-state index contributed by atoms with van der Waals surface area (Å²) in [6.07, 6.45) is 0. The minimum atomic E-state index is -0.381. The molecule has 0 aliphatic carbocycles. The van der Waals surface area contributed by atoms with Crippen molar-refractivity contribution in [3.05, 3.63) is 69.3 Å². The number of halogens is 1. The number of aryl methyl sites for hydroxylation is 2. The zero-order valence-corrected chi connectivity index (χ0v) is 17.1. The van der Waals surface area contributed by atoms with Crippen LogP contribution in [-0.4, -0.2) is 42.0 Å². The van der Waals surface area contributed by atoms with Crippen molar-refractivity contribution in [2.24, 2.45) is 0 Å². The van der Waals surface area contributed by atoms with Crippen molar-refractivity contribution >= 4 is 39.0 Å². The van der Waals surface area contributed by atoms with E-state index in [9.17, 15) is 14.7 Å². The Bertz CT molecular complexity index is 935. The number of nitrogens with zero attached hydrogens (tertiary/aromatic N) is 2. The molecule has 3 rings (SSSR count). The number of aliphatic hydroxyl groups excluding tert-OH is 1. The Balaban J connectivity index is 2.16. The van der Waals surface area contributed by atoms with Crippen LogP contribution in [0.15, 0.2) is 52.6 Å². The highest BCUT2D eigenvalue weighted by molar-refractivity contribution is 9.10. The van der Waals surface area contributed by atoms with Gasteiger partial charge in [-0.15, -0.1) is 0 Å². The molecule has 0 saturated carbocycles. The summed E-state index contributed by atoms with van der Waals surface area (Å²) >= 11 is 3.37. The maximum Gasteiger partial charge on any atom is 0.282 e. The highest BCUT2D eigenvalue weighted by Crippen LogP contribution is 2.36. The van der Waals surface area contributed by atoms with Crippen LogP contribution < -0.4 is 4.90 Å². The summed E-state index contributed by atoms with van der Waals surface area (Å²) in [6.45, 7) is 4.07. The second-order valence-electron chi connectivity index (χ2n) is 6.61. The molecule has 0 bridgehead atoms. The molecule has 0 aromatic heterocycles. The minimum absolute atomic E-state index is 0.111. The van der Waals surface area contributed by atoms with Gasteiger partial charge in [-0.1, -0.05) is 39.7 Å². The Morgan fingerprint density at radius 2 is 1.70 bits per heavy atom. The lowest BCUT2D eigenvalue weighted by atomic mass is 9.97. The number of likely N-dealkylation sites (N-methyl/N-ethyl adjacent to an activating group) is 1. The van der Waals surface area contributed by atoms with E-state index in [1.54, 1.807) is 36.2 Å². The molecule has 1 heterocycles. The maximum absolute atomic E-state index is 13.3. The van der Waals surface area contributed by atoms with Crippen molar-refractivity contribution < 1.29 is 14.7 Å². The van der Waals surface area contributed by atoms with Crippen molar-refractivity contribution in [2.75, 3.05) is 25.1 Å². The van der Waals surface area contributed by atoms with E-state index in [1.165, 1.54) is 4.90 Å². The van der Waals surface area contributed by atoms with Crippen LogP contribution in [-0.2, 0) is 9.59 Å². The van der Waals surface area contributed by atoms with Crippen molar-refractivity contribution in [1.29, 1.82) is 0 Å². The summed E-state index contributed by atoms with van der Waals surface area (Å²) < 4.78 is 0.866. The van der Waals surface area contributed by atoms with E-state index in [-0.39, 0.29) is 25.0 Å². The monoisotopic (exact) mass is 428 g/mol. The lowest BCUT2D eigenvalue weighted by molar-refractivity contribution is -0.120. The van der Waals surface area contributed by atoms with Gasteiger partial charge in [-0.3, -0.25) is 9.59 Å². The summed E-state index contributed by atoms with van der Waals surface area (Å²) in [5, 5.41) is 9.33. The van der Waals surface area contributed by atoms with Gasteiger partial charge in [-0.05, 0) is 49.2 Å². The van der Waals surface area contributed by atoms with Gasteiger partial charge >= 0.3 is 0 Å². The van der Waals surface area contributed by atoms with Crippen LogP contribution in [0.5, 0.6) is 0 Å². The van der Waals surface area contributed by atoms with Gasteiger partial charge in [0, 0.05) is 18.1 Å². The maximum atomic E-state index is 13.3. The third kappa shape index (κ3) is 3.55. The van der Waals surface area contributed by atoms with Crippen LogP contribution in [0.25, 0.3) is 5.57 Å². The molecule has 0 unspecified atom stereocenters. The Hall–Kier alpha value is -2.44. The van der Waals surface area contributed by atoms with Gasteiger partial charge in [0.15, 0.2) is 0 Å². The van der Waals surface area contributed by atoms with Gasteiger partial charge in [0.05, 0.1) is 17.9 Å². The van der Waals surface area contributed by atoms with Crippen LogP contribution in [0, 0.1) is 13.8 Å². The van der Waals surface area contributed by atoms with Crippen LogP contribution in [0.3, 0.4) is 0 Å². The second kappa shape index (κ2) is 7.66. The average Bonchev–Trinajstić information content (AvgIpc) is 2.87. The minimum Gasteiger partial charge on any atom is -0.395 e. The van der Waals surface area contributed by atoms with Gasteiger partial charge < -0.3 is 10.0 Å². The van der Waals surface area contributed by atoms with E-state index in [0.29, 0.717) is 17.0 Å². The molecule has 0 fully saturated rings. The SMILES string of the molecule is Cc1ccc(C2=C(N(C)CCO)C(=O)N(c3ccc(Br)cc3)C2=O)c(C)c1. The molecule has 2 aromatic rings. The van der Waals surface area contributed by atoms with Crippen LogP contribution in [0.2, 0.25) is 0 Å². The van der Waals surface area contributed by atoms with Gasteiger partial charge in [0.2, 0.25) is 0 Å². The molecule has 1 N–H and O–H groups in total. The molecule has 6 heteroatoms. The topological polar surface area (TPSA) is 60.9 Å². The quantitative estimate of drug-likeness (QED) is 0.742. The number of amides is 2. The van der Waals surface area contributed by atoms with Gasteiger partial charge in [0.25, 0.3) is 11.8 Å². The molecule has 1 aliphatic rings. The predicted molar refractivity (Wildman–Crippen MR) is 109 cm³/mol. The number of carbonyl (C=O) groups is 2. The molecular formula is C21H21BrN2O3. The fourth-order valence-electron chi connectivity index (χ4n) is 3.30. The molecule has 2 amide bonds. The van der Waals surface area contributed by atoms with Crippen molar-refractivity contribution in [3.8, 4) is 0 Å². The fourth-order valence-corrected chi connectivity index (χ4v) is 3.56. The number of hydrogen-bond donors (Lipinski definition) is 1. The first kappa shape index (κ1) is 19.3. The molecule has 0 radical (unpaired) electrons. The van der Waals surface area contributed by atoms with Crippen molar-refractivity contribution in [3.63, 3.8) is 0 Å². The molecular weight excluding hydrogens is 408 g/mol. The van der Waals surface area contributed by atoms with E-state index in [4.69, 9.17) is 0 Å². The number of rotatable bonds is 5. The van der Waals surface area contributed by atoms with Crippen molar-refractivity contribution in [1.82, 2.24) is 4.90 Å². The zero-order chi connectivity index (χ0) is 19.7. The number of carbonyl (C=O) groups excluding carboxylic acids is 2. The lowest BCUT2D eigenvalue weighted by Crippen LogP contribution is -2.34. The summed E-state index contributed by atoms with van der Waals surface area (Å²) in [5.74, 6) is -0.734.